The Morgan fingerprint density at radius 3 is 2.82 bits per heavy atom. The van der Waals surface area contributed by atoms with Crippen LogP contribution >= 0.6 is 11.6 Å². The molecular formula is C12H8ClN3O. The molecule has 3 aromatic rings. The maximum Gasteiger partial charge on any atom is 0.123 e. The summed E-state index contributed by atoms with van der Waals surface area (Å²) < 4.78 is 0. The Labute approximate surface area is 102 Å². The molecule has 0 spiro atoms. The molecule has 0 fully saturated rings. The van der Waals surface area contributed by atoms with Crippen LogP contribution in [-0.2, 0) is 0 Å². The van der Waals surface area contributed by atoms with Crippen molar-refractivity contribution in [2.45, 2.75) is 0 Å². The topological polar surface area (TPSA) is 61.8 Å². The van der Waals surface area contributed by atoms with Gasteiger partial charge in [-0.05, 0) is 24.3 Å². The molecule has 3 rings (SSSR count). The van der Waals surface area contributed by atoms with Crippen LogP contribution in [0.5, 0.6) is 5.75 Å². The van der Waals surface area contributed by atoms with Gasteiger partial charge in [0.15, 0.2) is 0 Å². The lowest BCUT2D eigenvalue weighted by molar-refractivity contribution is 0.477. The molecule has 4 nitrogen and oxygen atoms in total. The minimum Gasteiger partial charge on any atom is -0.507 e. The van der Waals surface area contributed by atoms with Gasteiger partial charge < -0.3 is 5.11 Å². The molecule has 0 saturated carbocycles. The molecule has 0 bridgehead atoms. The molecule has 2 aromatic carbocycles. The third kappa shape index (κ3) is 1.62. The predicted octanol–water partition coefficient (Wildman–Crippen LogP) is 2.98. The minimum absolute atomic E-state index is 0.171. The van der Waals surface area contributed by atoms with Crippen molar-refractivity contribution in [1.29, 1.82) is 0 Å². The molecule has 0 atom stereocenters. The van der Waals surface area contributed by atoms with Crippen molar-refractivity contribution >= 4 is 22.6 Å². The number of aromatic nitrogens is 3. The number of rotatable bonds is 1. The summed E-state index contributed by atoms with van der Waals surface area (Å²) in [6, 6.07) is 10.5. The number of para-hydroxylation sites is 1. The van der Waals surface area contributed by atoms with Gasteiger partial charge in [0.2, 0.25) is 0 Å². The molecule has 17 heavy (non-hydrogen) atoms. The average Bonchev–Trinajstić information content (AvgIpc) is 2.80. The maximum absolute atomic E-state index is 9.87. The van der Waals surface area contributed by atoms with Crippen LogP contribution in [0.4, 0.5) is 0 Å². The summed E-state index contributed by atoms with van der Waals surface area (Å²) in [6.45, 7) is 0. The maximum atomic E-state index is 9.87. The van der Waals surface area contributed by atoms with E-state index >= 15 is 0 Å². The fraction of sp³-hybridized carbons (Fsp3) is 0. The van der Waals surface area contributed by atoms with Crippen molar-refractivity contribution < 1.29 is 5.11 Å². The number of halogens is 1. The quantitative estimate of drug-likeness (QED) is 0.693. The Morgan fingerprint density at radius 2 is 1.94 bits per heavy atom. The van der Waals surface area contributed by atoms with E-state index in [0.717, 1.165) is 11.1 Å². The first-order chi connectivity index (χ1) is 8.25. The van der Waals surface area contributed by atoms with Crippen LogP contribution in [0.15, 0.2) is 36.4 Å². The first kappa shape index (κ1) is 10.1. The highest BCUT2D eigenvalue weighted by molar-refractivity contribution is 6.31. The van der Waals surface area contributed by atoms with E-state index in [2.05, 4.69) is 15.4 Å². The van der Waals surface area contributed by atoms with Crippen molar-refractivity contribution in [3.63, 3.8) is 0 Å². The van der Waals surface area contributed by atoms with Crippen LogP contribution in [0.1, 0.15) is 0 Å². The molecule has 0 aliphatic heterocycles. The first-order valence-electron chi connectivity index (χ1n) is 5.04. The summed E-state index contributed by atoms with van der Waals surface area (Å²) in [6.07, 6.45) is 0. The van der Waals surface area contributed by atoms with Crippen molar-refractivity contribution in [3.8, 4) is 16.9 Å². The largest absolute Gasteiger partial charge is 0.507 e. The second kappa shape index (κ2) is 3.75. The highest BCUT2D eigenvalue weighted by Gasteiger charge is 2.10. The summed E-state index contributed by atoms with van der Waals surface area (Å²) in [5.74, 6) is 0.171. The minimum atomic E-state index is 0.171. The molecule has 2 N–H and O–H groups in total. The van der Waals surface area contributed by atoms with E-state index < -0.39 is 0 Å². The third-order valence-corrected chi connectivity index (χ3v) is 2.83. The highest BCUT2D eigenvalue weighted by atomic mass is 35.5. The summed E-state index contributed by atoms with van der Waals surface area (Å²) in [5, 5.41) is 21.1. The van der Waals surface area contributed by atoms with Crippen LogP contribution in [0.3, 0.4) is 0 Å². The summed E-state index contributed by atoms with van der Waals surface area (Å²) >= 11 is 5.94. The Hall–Kier alpha value is -2.07. The molecule has 0 aliphatic carbocycles. The number of hydrogen-bond acceptors (Lipinski definition) is 3. The monoisotopic (exact) mass is 245 g/mol. The second-order valence-electron chi connectivity index (χ2n) is 3.66. The summed E-state index contributed by atoms with van der Waals surface area (Å²) in [4.78, 5) is 0. The van der Waals surface area contributed by atoms with E-state index in [1.807, 2.05) is 18.2 Å². The van der Waals surface area contributed by atoms with Gasteiger partial charge >= 0.3 is 0 Å². The number of phenolic OH excluding ortho intramolecular Hbond substituents is 1. The Morgan fingerprint density at radius 1 is 1.06 bits per heavy atom. The molecule has 0 saturated heterocycles. The zero-order valence-corrected chi connectivity index (χ0v) is 9.44. The van der Waals surface area contributed by atoms with E-state index in [-0.39, 0.29) is 5.75 Å². The van der Waals surface area contributed by atoms with E-state index in [1.54, 1.807) is 18.2 Å². The smallest absolute Gasteiger partial charge is 0.123 e. The Kier molecular flexibility index (Phi) is 2.23. The average molecular weight is 246 g/mol. The zero-order valence-electron chi connectivity index (χ0n) is 8.68. The molecule has 0 unspecified atom stereocenters. The van der Waals surface area contributed by atoms with Crippen molar-refractivity contribution in [2.24, 2.45) is 0 Å². The number of benzene rings is 2. The van der Waals surface area contributed by atoms with Gasteiger partial charge in [-0.2, -0.15) is 15.4 Å². The van der Waals surface area contributed by atoms with Crippen LogP contribution in [0, 0.1) is 0 Å². The van der Waals surface area contributed by atoms with E-state index in [4.69, 9.17) is 11.6 Å². The molecule has 0 radical (unpaired) electrons. The van der Waals surface area contributed by atoms with Gasteiger partial charge in [-0.25, -0.2) is 0 Å². The molecule has 5 heteroatoms. The standard InChI is InChI=1S/C12H8ClN3O/c13-7-4-5-11(17)9(6-7)8-2-1-3-10-12(8)15-16-14-10/h1-6,17H,(H,14,15,16). The number of hydrogen-bond donors (Lipinski definition) is 2. The zero-order chi connectivity index (χ0) is 11.8. The highest BCUT2D eigenvalue weighted by Crippen LogP contribution is 2.34. The normalized spacial score (nSPS) is 10.9. The number of aromatic hydroxyl groups is 1. The molecule has 0 amide bonds. The lowest BCUT2D eigenvalue weighted by Crippen LogP contribution is -1.82. The molecule has 1 heterocycles. The number of fused-ring (bicyclic) bond motifs is 1. The molecular weight excluding hydrogens is 238 g/mol. The Bertz CT molecular complexity index is 693. The van der Waals surface area contributed by atoms with Gasteiger partial charge in [0.1, 0.15) is 16.8 Å². The SMILES string of the molecule is Oc1ccc(Cl)cc1-c1cccc2n[nH]nc12. The van der Waals surface area contributed by atoms with Crippen molar-refractivity contribution in [2.75, 3.05) is 0 Å². The second-order valence-corrected chi connectivity index (χ2v) is 4.09. The van der Waals surface area contributed by atoms with E-state index in [0.29, 0.717) is 16.1 Å². The number of nitrogens with one attached hydrogen (secondary N) is 1. The predicted molar refractivity (Wildman–Crippen MR) is 66.0 cm³/mol. The number of aromatic amines is 1. The number of H-pyrrole nitrogens is 1. The van der Waals surface area contributed by atoms with E-state index in [9.17, 15) is 5.11 Å². The van der Waals surface area contributed by atoms with Crippen LogP contribution < -0.4 is 0 Å². The van der Waals surface area contributed by atoms with Crippen molar-refractivity contribution in [1.82, 2.24) is 15.4 Å². The lowest BCUT2D eigenvalue weighted by Gasteiger charge is -2.05. The van der Waals surface area contributed by atoms with Crippen LogP contribution in [0.2, 0.25) is 5.02 Å². The van der Waals surface area contributed by atoms with E-state index in [1.165, 1.54) is 0 Å². The van der Waals surface area contributed by atoms with Crippen molar-refractivity contribution in [3.05, 3.63) is 41.4 Å². The number of phenols is 1. The first-order valence-corrected chi connectivity index (χ1v) is 5.42. The molecule has 0 aliphatic rings. The lowest BCUT2D eigenvalue weighted by atomic mass is 10.0. The van der Waals surface area contributed by atoms with Crippen LogP contribution in [-0.4, -0.2) is 20.5 Å². The van der Waals surface area contributed by atoms with Gasteiger partial charge in [0.25, 0.3) is 0 Å². The van der Waals surface area contributed by atoms with Crippen LogP contribution in [0.25, 0.3) is 22.2 Å². The third-order valence-electron chi connectivity index (χ3n) is 2.60. The van der Waals surface area contributed by atoms with Gasteiger partial charge in [-0.3, -0.25) is 0 Å². The molecule has 84 valence electrons. The van der Waals surface area contributed by atoms with Gasteiger partial charge in [0.05, 0.1) is 0 Å². The fourth-order valence-corrected chi connectivity index (χ4v) is 1.98. The van der Waals surface area contributed by atoms with Gasteiger partial charge in [-0.1, -0.05) is 23.7 Å². The Balaban J connectivity index is 2.34. The fourth-order valence-electron chi connectivity index (χ4n) is 1.81. The molecule has 1 aromatic heterocycles. The summed E-state index contributed by atoms with van der Waals surface area (Å²) in [5.41, 5.74) is 2.92. The van der Waals surface area contributed by atoms with Gasteiger partial charge in [0, 0.05) is 16.1 Å². The number of nitrogens with zero attached hydrogens (tertiary/aromatic N) is 2. The van der Waals surface area contributed by atoms with Gasteiger partial charge in [-0.15, -0.1) is 0 Å². The summed E-state index contributed by atoms with van der Waals surface area (Å²) in [7, 11) is 0.